The summed E-state index contributed by atoms with van der Waals surface area (Å²) in [6.45, 7) is 1.50. The van der Waals surface area contributed by atoms with E-state index in [0.29, 0.717) is 22.9 Å². The number of benzene rings is 2. The number of anilines is 1. The molecule has 0 fully saturated rings. The van der Waals surface area contributed by atoms with Crippen LogP contribution in [0.25, 0.3) is 0 Å². The van der Waals surface area contributed by atoms with Gasteiger partial charge in [0.15, 0.2) is 6.61 Å². The van der Waals surface area contributed by atoms with Crippen molar-refractivity contribution in [3.63, 3.8) is 0 Å². The summed E-state index contributed by atoms with van der Waals surface area (Å²) in [7, 11) is 1.58. The molecule has 0 aliphatic carbocycles. The summed E-state index contributed by atoms with van der Waals surface area (Å²) in [5, 5.41) is 2.75. The Morgan fingerprint density at radius 1 is 1.07 bits per heavy atom. The average molecular weight is 481 g/mol. The molecule has 7 nitrogen and oxygen atoms in total. The van der Waals surface area contributed by atoms with Crippen LogP contribution in [0.5, 0.6) is 11.5 Å². The van der Waals surface area contributed by atoms with Crippen LogP contribution in [0.15, 0.2) is 60.3 Å². The van der Waals surface area contributed by atoms with E-state index in [9.17, 15) is 9.59 Å². The Labute approximate surface area is 171 Å². The summed E-state index contributed by atoms with van der Waals surface area (Å²) < 4.78 is 11.4. The Morgan fingerprint density at radius 3 is 2.44 bits per heavy atom. The van der Waals surface area contributed by atoms with Gasteiger partial charge in [0.2, 0.25) is 5.91 Å². The van der Waals surface area contributed by atoms with Gasteiger partial charge < -0.3 is 20.2 Å². The number of methoxy groups -OCH3 is 1. The predicted octanol–water partition coefficient (Wildman–Crippen LogP) is 2.84. The van der Waals surface area contributed by atoms with E-state index < -0.39 is 0 Å². The highest BCUT2D eigenvalue weighted by Crippen LogP contribution is 2.16. The summed E-state index contributed by atoms with van der Waals surface area (Å²) in [5.74, 6) is 0.579. The van der Waals surface area contributed by atoms with Gasteiger partial charge in [0.1, 0.15) is 11.5 Å². The number of hydrogen-bond acceptors (Lipinski definition) is 5. The zero-order valence-electron chi connectivity index (χ0n) is 14.9. The van der Waals surface area contributed by atoms with E-state index in [-0.39, 0.29) is 18.4 Å². The molecule has 0 aromatic heterocycles. The van der Waals surface area contributed by atoms with Crippen molar-refractivity contribution in [2.24, 2.45) is 0 Å². The molecule has 3 N–H and O–H groups in total. The van der Waals surface area contributed by atoms with E-state index in [4.69, 9.17) is 9.47 Å². The first-order valence-corrected chi connectivity index (χ1v) is 9.10. The van der Waals surface area contributed by atoms with Crippen molar-refractivity contribution >= 4 is 40.1 Å². The molecule has 0 atom stereocenters. The van der Waals surface area contributed by atoms with E-state index in [2.05, 4.69) is 38.8 Å². The lowest BCUT2D eigenvalue weighted by Gasteiger charge is -2.10. The number of rotatable bonds is 8. The lowest BCUT2D eigenvalue weighted by molar-refractivity contribution is -0.124. The second kappa shape index (κ2) is 10.4. The van der Waals surface area contributed by atoms with Gasteiger partial charge in [-0.05, 0) is 72.0 Å². The third-order valence-electron chi connectivity index (χ3n) is 3.27. The van der Waals surface area contributed by atoms with E-state index in [0.717, 1.165) is 3.57 Å². The fraction of sp³-hybridized carbons (Fsp3) is 0.158. The number of nitrogens with one attached hydrogen (secondary N) is 3. The maximum absolute atomic E-state index is 12.0. The van der Waals surface area contributed by atoms with Crippen LogP contribution in [0.3, 0.4) is 0 Å². The van der Waals surface area contributed by atoms with Crippen molar-refractivity contribution in [3.8, 4) is 11.5 Å². The Hall–Kier alpha value is -2.75. The third-order valence-corrected chi connectivity index (χ3v) is 3.94. The molecule has 0 heterocycles. The molecule has 2 aromatic rings. The van der Waals surface area contributed by atoms with Crippen molar-refractivity contribution in [1.82, 2.24) is 10.9 Å². The van der Waals surface area contributed by atoms with Crippen molar-refractivity contribution < 1.29 is 19.1 Å². The highest BCUT2D eigenvalue weighted by atomic mass is 127. The smallest absolute Gasteiger partial charge is 0.276 e. The second-order valence-corrected chi connectivity index (χ2v) is 6.71. The van der Waals surface area contributed by atoms with Crippen molar-refractivity contribution in [2.45, 2.75) is 6.92 Å². The maximum Gasteiger partial charge on any atom is 0.276 e. The van der Waals surface area contributed by atoms with Gasteiger partial charge in [-0.25, -0.2) is 0 Å². The number of hydrogen-bond donors (Lipinski definition) is 3. The summed E-state index contributed by atoms with van der Waals surface area (Å²) in [4.78, 5) is 23.8. The number of carbonyl (C=O) groups excluding carboxylic acids is 2. The SMILES string of the molecule is COc1ccc(OCC(=O)NNC(C)=CC(=O)Nc2cccc(I)c2)cc1. The first kappa shape index (κ1) is 20.6. The van der Waals surface area contributed by atoms with Gasteiger partial charge in [-0.15, -0.1) is 0 Å². The number of ether oxygens (including phenoxy) is 2. The fourth-order valence-corrected chi connectivity index (χ4v) is 2.55. The van der Waals surface area contributed by atoms with Gasteiger partial charge in [0, 0.05) is 21.0 Å². The average Bonchev–Trinajstić information content (AvgIpc) is 2.65. The minimum absolute atomic E-state index is 0.165. The first-order chi connectivity index (χ1) is 13.0. The van der Waals surface area contributed by atoms with Crippen LogP contribution in [0.4, 0.5) is 5.69 Å². The van der Waals surface area contributed by atoms with Gasteiger partial charge in [0.05, 0.1) is 7.11 Å². The number of amides is 2. The summed E-state index contributed by atoms with van der Waals surface area (Å²) in [5.41, 5.74) is 6.31. The zero-order valence-corrected chi connectivity index (χ0v) is 17.1. The standard InChI is InChI=1S/C19H20IN3O4/c1-13(10-18(24)21-15-5-3-4-14(20)11-15)22-23-19(25)12-27-17-8-6-16(26-2)7-9-17/h3-11,22H,12H2,1-2H3,(H,21,24)(H,23,25). The van der Waals surface area contributed by atoms with E-state index >= 15 is 0 Å². The fourth-order valence-electron chi connectivity index (χ4n) is 2.00. The molecule has 0 spiro atoms. The van der Waals surface area contributed by atoms with E-state index in [1.54, 1.807) is 44.4 Å². The van der Waals surface area contributed by atoms with Crippen LogP contribution in [-0.2, 0) is 9.59 Å². The first-order valence-electron chi connectivity index (χ1n) is 8.03. The molecule has 0 unspecified atom stereocenters. The van der Waals surface area contributed by atoms with Crippen LogP contribution < -0.4 is 25.6 Å². The molecule has 0 saturated carbocycles. The Bertz CT molecular complexity index is 822. The highest BCUT2D eigenvalue weighted by molar-refractivity contribution is 14.1. The molecule has 2 aromatic carbocycles. The van der Waals surface area contributed by atoms with Crippen LogP contribution in [0, 0.1) is 3.57 Å². The van der Waals surface area contributed by atoms with Crippen molar-refractivity contribution in [1.29, 1.82) is 0 Å². The van der Waals surface area contributed by atoms with E-state index in [1.807, 2.05) is 18.2 Å². The van der Waals surface area contributed by atoms with Gasteiger partial charge in [-0.1, -0.05) is 6.07 Å². The monoisotopic (exact) mass is 481 g/mol. The van der Waals surface area contributed by atoms with Crippen molar-refractivity contribution in [3.05, 3.63) is 63.9 Å². The lowest BCUT2D eigenvalue weighted by atomic mass is 10.3. The molecule has 0 aliphatic heterocycles. The summed E-state index contributed by atoms with van der Waals surface area (Å²) in [6.07, 6.45) is 1.35. The summed E-state index contributed by atoms with van der Waals surface area (Å²) >= 11 is 2.17. The van der Waals surface area contributed by atoms with Gasteiger partial charge in [-0.2, -0.15) is 0 Å². The van der Waals surface area contributed by atoms with Crippen LogP contribution in [0.2, 0.25) is 0 Å². The minimum atomic E-state index is -0.378. The number of halogens is 1. The quantitative estimate of drug-likeness (QED) is 0.307. The largest absolute Gasteiger partial charge is 0.497 e. The lowest BCUT2D eigenvalue weighted by Crippen LogP contribution is -2.39. The van der Waals surface area contributed by atoms with Crippen LogP contribution in [-0.4, -0.2) is 25.5 Å². The number of allylic oxidation sites excluding steroid dienone is 1. The molecular weight excluding hydrogens is 461 g/mol. The molecule has 2 rings (SSSR count). The molecule has 0 saturated heterocycles. The van der Waals surface area contributed by atoms with Gasteiger partial charge in [0.25, 0.3) is 5.91 Å². The molecular formula is C19H20IN3O4. The second-order valence-electron chi connectivity index (χ2n) is 5.46. The molecule has 0 aliphatic rings. The zero-order chi connectivity index (χ0) is 19.6. The molecule has 0 radical (unpaired) electrons. The van der Waals surface area contributed by atoms with Gasteiger partial charge in [-0.3, -0.25) is 15.0 Å². The highest BCUT2D eigenvalue weighted by Gasteiger charge is 2.04. The molecule has 142 valence electrons. The van der Waals surface area contributed by atoms with Crippen LogP contribution >= 0.6 is 22.6 Å². The number of hydrazine groups is 1. The normalized spacial score (nSPS) is 10.7. The number of carbonyl (C=O) groups is 2. The van der Waals surface area contributed by atoms with Crippen LogP contribution in [0.1, 0.15) is 6.92 Å². The Kier molecular flexibility index (Phi) is 7.93. The van der Waals surface area contributed by atoms with Gasteiger partial charge >= 0.3 is 0 Å². The molecule has 8 heteroatoms. The Morgan fingerprint density at radius 2 is 1.78 bits per heavy atom. The Balaban J connectivity index is 1.74. The predicted molar refractivity (Wildman–Crippen MR) is 111 cm³/mol. The molecule has 2 amide bonds. The summed E-state index contributed by atoms with van der Waals surface area (Å²) in [6, 6.07) is 14.3. The molecule has 27 heavy (non-hydrogen) atoms. The van der Waals surface area contributed by atoms with E-state index in [1.165, 1.54) is 6.08 Å². The van der Waals surface area contributed by atoms with Crippen molar-refractivity contribution in [2.75, 3.05) is 19.0 Å². The third kappa shape index (κ3) is 7.57. The maximum atomic E-state index is 12.0. The topological polar surface area (TPSA) is 88.7 Å². The molecule has 0 bridgehead atoms. The minimum Gasteiger partial charge on any atom is -0.497 e.